The molecule has 3 aromatic heterocycles. The van der Waals surface area contributed by atoms with Gasteiger partial charge in [0.25, 0.3) is 0 Å². The number of aliphatic imine (C=N–C) groups is 1. The number of nitrogens with two attached hydrogens (primary N) is 1. The van der Waals surface area contributed by atoms with Crippen LogP contribution < -0.4 is 5.90 Å². The van der Waals surface area contributed by atoms with Crippen molar-refractivity contribution in [1.29, 1.82) is 0 Å². The van der Waals surface area contributed by atoms with E-state index in [2.05, 4.69) is 25.1 Å². The standard InChI is InChI=1S/C37H37Cl4N7O7/c1-17-9-22(27(49)12-20(17)19(3)14-43-7-8-54-42)33(52)26-10-18(2)36(41)48(26)32-30(39)35(40)44-31(32)34(53)23-11-24(38)21(13-28(23)50)25-15-47(46-45-25)16-29(51)55-37(4,5)6/h9-15,19,44,49-50H,7-8,16,42H2,1-6H3. The number of aromatic nitrogens is 5. The highest BCUT2D eigenvalue weighted by atomic mass is 35.5. The number of nitrogens with zero attached hydrogens (tertiary/aromatic N) is 5. The van der Waals surface area contributed by atoms with E-state index < -0.39 is 28.9 Å². The van der Waals surface area contributed by atoms with Gasteiger partial charge in [0.15, 0.2) is 0 Å². The quantitative estimate of drug-likeness (QED) is 0.0302. The Labute approximate surface area is 335 Å². The summed E-state index contributed by atoms with van der Waals surface area (Å²) in [6.45, 7) is 10.9. The van der Waals surface area contributed by atoms with Crippen LogP contribution in [0.25, 0.3) is 16.9 Å². The molecule has 0 fully saturated rings. The van der Waals surface area contributed by atoms with Crippen molar-refractivity contribution in [3.63, 3.8) is 0 Å². The van der Waals surface area contributed by atoms with Gasteiger partial charge < -0.3 is 24.8 Å². The summed E-state index contributed by atoms with van der Waals surface area (Å²) in [5.41, 5.74) is 0.978. The van der Waals surface area contributed by atoms with E-state index in [1.54, 1.807) is 46.9 Å². The van der Waals surface area contributed by atoms with Gasteiger partial charge >= 0.3 is 5.97 Å². The Morgan fingerprint density at radius 3 is 2.35 bits per heavy atom. The van der Waals surface area contributed by atoms with Crippen molar-refractivity contribution in [3.05, 3.63) is 96.1 Å². The third-order valence-corrected chi connectivity index (χ3v) is 9.84. The van der Waals surface area contributed by atoms with Crippen LogP contribution in [0, 0.1) is 13.8 Å². The van der Waals surface area contributed by atoms with Crippen LogP contribution >= 0.6 is 46.4 Å². The number of H-pyrrole nitrogens is 1. The van der Waals surface area contributed by atoms with Gasteiger partial charge in [0.05, 0.1) is 46.9 Å². The van der Waals surface area contributed by atoms with Crippen molar-refractivity contribution in [2.24, 2.45) is 10.9 Å². The van der Waals surface area contributed by atoms with E-state index in [1.807, 2.05) is 6.92 Å². The van der Waals surface area contributed by atoms with Crippen molar-refractivity contribution in [3.8, 4) is 28.4 Å². The fourth-order valence-electron chi connectivity index (χ4n) is 5.83. The molecule has 55 heavy (non-hydrogen) atoms. The van der Waals surface area contributed by atoms with E-state index in [-0.39, 0.29) is 84.6 Å². The molecule has 14 nitrogen and oxygen atoms in total. The average molecular weight is 834 g/mol. The molecular weight excluding hydrogens is 796 g/mol. The number of benzene rings is 2. The molecule has 0 aliphatic rings. The number of aryl methyl sites for hydroxylation is 2. The van der Waals surface area contributed by atoms with Gasteiger partial charge in [0, 0.05) is 17.7 Å². The maximum Gasteiger partial charge on any atom is 0.328 e. The summed E-state index contributed by atoms with van der Waals surface area (Å²) in [5.74, 6) is 2.09. The van der Waals surface area contributed by atoms with Crippen molar-refractivity contribution in [2.45, 2.75) is 59.6 Å². The molecule has 0 bridgehead atoms. The first-order valence-corrected chi connectivity index (χ1v) is 18.2. The molecule has 2 aromatic carbocycles. The first-order valence-electron chi connectivity index (χ1n) is 16.7. The Kier molecular flexibility index (Phi) is 12.5. The molecule has 1 atom stereocenters. The average Bonchev–Trinajstić information content (AvgIpc) is 3.77. The number of carbonyl (C=O) groups excluding carboxylic acids is 3. The monoisotopic (exact) mass is 831 g/mol. The third-order valence-electron chi connectivity index (χ3n) is 8.31. The number of phenols is 2. The minimum absolute atomic E-state index is 0.0148. The summed E-state index contributed by atoms with van der Waals surface area (Å²) in [6, 6.07) is 6.99. The zero-order chi connectivity index (χ0) is 40.5. The van der Waals surface area contributed by atoms with Crippen LogP contribution in [0.2, 0.25) is 20.4 Å². The predicted molar refractivity (Wildman–Crippen MR) is 209 cm³/mol. The maximum atomic E-state index is 14.2. The molecule has 0 saturated heterocycles. The molecule has 1 unspecified atom stereocenters. The first-order chi connectivity index (χ1) is 25.8. The number of ketones is 2. The number of hydrogen-bond acceptors (Lipinski definition) is 11. The van der Waals surface area contributed by atoms with E-state index in [1.165, 1.54) is 39.7 Å². The molecule has 0 saturated carbocycles. The van der Waals surface area contributed by atoms with Crippen molar-refractivity contribution < 1.29 is 34.2 Å². The number of hydrogen-bond donors (Lipinski definition) is 4. The lowest BCUT2D eigenvalue weighted by molar-refractivity contribution is -0.155. The zero-order valence-corrected chi connectivity index (χ0v) is 33.5. The number of nitrogens with one attached hydrogen (secondary N) is 1. The highest BCUT2D eigenvalue weighted by molar-refractivity contribution is 6.44. The van der Waals surface area contributed by atoms with Gasteiger partial charge in [-0.2, -0.15) is 0 Å². The van der Waals surface area contributed by atoms with Crippen molar-refractivity contribution in [1.82, 2.24) is 24.5 Å². The molecule has 3 heterocycles. The minimum atomic E-state index is -0.805. The predicted octanol–water partition coefficient (Wildman–Crippen LogP) is 7.57. The van der Waals surface area contributed by atoms with Crippen molar-refractivity contribution >= 4 is 70.2 Å². The summed E-state index contributed by atoms with van der Waals surface area (Å²) in [5, 5.41) is 30.0. The number of phenolic OH excluding ortho intramolecular Hbond substituents is 2. The van der Waals surface area contributed by atoms with Gasteiger partial charge in [0.2, 0.25) is 11.6 Å². The summed E-state index contributed by atoms with van der Waals surface area (Å²) < 4.78 is 7.83. The van der Waals surface area contributed by atoms with Gasteiger partial charge in [0.1, 0.15) is 50.4 Å². The summed E-state index contributed by atoms with van der Waals surface area (Å²) in [6.07, 6.45) is 3.14. The minimum Gasteiger partial charge on any atom is -0.507 e. The van der Waals surface area contributed by atoms with Crippen LogP contribution in [0.15, 0.2) is 41.5 Å². The molecule has 5 rings (SSSR count). The van der Waals surface area contributed by atoms with Crippen LogP contribution in [-0.2, 0) is 20.9 Å². The molecule has 290 valence electrons. The van der Waals surface area contributed by atoms with Crippen LogP contribution in [0.4, 0.5) is 0 Å². The number of carbonyl (C=O) groups is 3. The van der Waals surface area contributed by atoms with E-state index in [0.29, 0.717) is 17.7 Å². The summed E-state index contributed by atoms with van der Waals surface area (Å²) in [4.78, 5) is 52.2. The Morgan fingerprint density at radius 2 is 1.67 bits per heavy atom. The zero-order valence-electron chi connectivity index (χ0n) is 30.5. The van der Waals surface area contributed by atoms with Gasteiger partial charge in [-0.25, -0.2) is 10.6 Å². The van der Waals surface area contributed by atoms with Crippen LogP contribution in [-0.4, -0.2) is 77.3 Å². The maximum absolute atomic E-state index is 14.2. The van der Waals surface area contributed by atoms with E-state index >= 15 is 0 Å². The molecule has 0 radical (unpaired) electrons. The molecule has 0 spiro atoms. The summed E-state index contributed by atoms with van der Waals surface area (Å²) in [7, 11) is 0. The smallest absolute Gasteiger partial charge is 0.328 e. The lowest BCUT2D eigenvalue weighted by atomic mass is 9.93. The van der Waals surface area contributed by atoms with E-state index in [4.69, 9.17) is 57.0 Å². The number of rotatable bonds is 13. The second-order valence-corrected chi connectivity index (χ2v) is 15.2. The second kappa shape index (κ2) is 16.6. The van der Waals surface area contributed by atoms with Crippen LogP contribution in [0.1, 0.15) is 82.4 Å². The molecule has 5 N–H and O–H groups in total. The lowest BCUT2D eigenvalue weighted by Gasteiger charge is -2.19. The summed E-state index contributed by atoms with van der Waals surface area (Å²) >= 11 is 26.5. The second-order valence-electron chi connectivity index (χ2n) is 13.7. The number of aromatic amines is 1. The molecule has 0 aliphatic carbocycles. The van der Waals surface area contributed by atoms with Crippen LogP contribution in [0.3, 0.4) is 0 Å². The fraction of sp³-hybridized carbons (Fsp3) is 0.297. The Morgan fingerprint density at radius 1 is 1.00 bits per heavy atom. The number of aromatic hydroxyl groups is 2. The van der Waals surface area contributed by atoms with Gasteiger partial charge in [-0.15, -0.1) is 5.10 Å². The molecule has 0 aliphatic heterocycles. The molecule has 5 aromatic rings. The van der Waals surface area contributed by atoms with Gasteiger partial charge in [-0.1, -0.05) is 58.5 Å². The Balaban J connectivity index is 1.51. The highest BCUT2D eigenvalue weighted by Crippen LogP contribution is 2.41. The highest BCUT2D eigenvalue weighted by Gasteiger charge is 2.31. The Hall–Kier alpha value is -4.70. The lowest BCUT2D eigenvalue weighted by Crippen LogP contribution is -2.26. The molecular formula is C37H37Cl4N7O7. The fourth-order valence-corrected chi connectivity index (χ4v) is 6.73. The first kappa shape index (κ1) is 41.5. The Bertz CT molecular complexity index is 2340. The van der Waals surface area contributed by atoms with Gasteiger partial charge in [-0.3, -0.25) is 23.9 Å². The van der Waals surface area contributed by atoms with Gasteiger partial charge in [-0.05, 0) is 81.6 Å². The topological polar surface area (TPSA) is 200 Å². The van der Waals surface area contributed by atoms with E-state index in [0.717, 1.165) is 5.56 Å². The third kappa shape index (κ3) is 8.90. The van der Waals surface area contributed by atoms with Crippen molar-refractivity contribution in [2.75, 3.05) is 13.2 Å². The largest absolute Gasteiger partial charge is 0.507 e. The SMILES string of the molecule is Cc1cc(C(=O)c2cc(C)c(Cl)n2-c2c(C(=O)c3cc(Cl)c(-c4cn(CC(=O)OC(C)(C)C)nn4)cc3O)[nH]c(Cl)c2Cl)c(O)cc1C(C)C=NCCON. The number of halogens is 4. The molecule has 18 heteroatoms. The van der Waals surface area contributed by atoms with Crippen LogP contribution in [0.5, 0.6) is 11.5 Å². The normalized spacial score (nSPS) is 12.4. The molecule has 0 amide bonds. The number of ether oxygens (including phenoxy) is 1. The van der Waals surface area contributed by atoms with E-state index in [9.17, 15) is 24.6 Å². The number of esters is 1.